The standard InChI is InChI=1S/C24H50O4S.Na/c1-3-5-16-21-24(29(26,27)28)22-18-15-13-11-9-7-8-10-12-14-17-20-23(25)19-6-4-2;/h23-25H,3-22H2,1-2H3,(H,26,27,28);/q;+1/p-1. The Morgan fingerprint density at radius 2 is 0.933 bits per heavy atom. The van der Waals surface area contributed by atoms with Crippen LogP contribution in [-0.2, 0) is 10.1 Å². The molecule has 0 saturated heterocycles. The summed E-state index contributed by atoms with van der Waals surface area (Å²) >= 11 is 0. The Bertz CT molecular complexity index is 442. The summed E-state index contributed by atoms with van der Waals surface area (Å²) in [6.07, 6.45) is 21.2. The number of aliphatic hydroxyl groups excluding tert-OH is 1. The molecule has 0 aliphatic rings. The van der Waals surface area contributed by atoms with E-state index in [1.807, 2.05) is 0 Å². The molecule has 2 atom stereocenters. The van der Waals surface area contributed by atoms with Gasteiger partial charge < -0.3 is 9.66 Å². The fraction of sp³-hybridized carbons (Fsp3) is 1.00. The number of aliphatic hydroxyl groups is 1. The molecule has 0 spiro atoms. The van der Waals surface area contributed by atoms with Crippen molar-refractivity contribution in [2.45, 2.75) is 154 Å². The van der Waals surface area contributed by atoms with E-state index in [1.54, 1.807) is 0 Å². The summed E-state index contributed by atoms with van der Waals surface area (Å²) in [5.41, 5.74) is 0. The Morgan fingerprint density at radius 1 is 0.600 bits per heavy atom. The molecule has 6 heteroatoms. The van der Waals surface area contributed by atoms with E-state index >= 15 is 0 Å². The molecule has 0 aromatic carbocycles. The molecule has 0 rings (SSSR count). The van der Waals surface area contributed by atoms with E-state index in [0.29, 0.717) is 12.8 Å². The fourth-order valence-corrected chi connectivity index (χ4v) is 4.89. The smallest absolute Gasteiger partial charge is 0.748 e. The zero-order chi connectivity index (χ0) is 21.8. The van der Waals surface area contributed by atoms with Crippen LogP contribution in [0.5, 0.6) is 0 Å². The second-order valence-corrected chi connectivity index (χ2v) is 10.5. The van der Waals surface area contributed by atoms with Gasteiger partial charge in [-0.2, -0.15) is 0 Å². The van der Waals surface area contributed by atoms with Crippen LogP contribution in [0, 0.1) is 0 Å². The minimum Gasteiger partial charge on any atom is -0.748 e. The molecule has 0 bridgehead atoms. The normalized spacial score (nSPS) is 13.7. The molecule has 2 unspecified atom stereocenters. The summed E-state index contributed by atoms with van der Waals surface area (Å²) in [5, 5.41) is 9.15. The summed E-state index contributed by atoms with van der Waals surface area (Å²) < 4.78 is 34.1. The van der Waals surface area contributed by atoms with Crippen LogP contribution in [0.4, 0.5) is 0 Å². The number of hydrogen-bond donors (Lipinski definition) is 1. The Labute approximate surface area is 210 Å². The van der Waals surface area contributed by atoms with E-state index in [0.717, 1.165) is 64.2 Å². The van der Waals surface area contributed by atoms with Crippen LogP contribution < -0.4 is 29.6 Å². The van der Waals surface area contributed by atoms with Crippen LogP contribution in [0.1, 0.15) is 142 Å². The van der Waals surface area contributed by atoms with Gasteiger partial charge in [0.1, 0.15) is 0 Å². The van der Waals surface area contributed by atoms with Gasteiger partial charge in [-0.05, 0) is 25.7 Å². The van der Waals surface area contributed by atoms with Crippen molar-refractivity contribution in [1.82, 2.24) is 0 Å². The van der Waals surface area contributed by atoms with Gasteiger partial charge in [0.2, 0.25) is 0 Å². The van der Waals surface area contributed by atoms with Gasteiger partial charge in [0.05, 0.1) is 16.2 Å². The summed E-state index contributed by atoms with van der Waals surface area (Å²) in [5.74, 6) is 0. The predicted octanol–water partition coefficient (Wildman–Crippen LogP) is 4.11. The quantitative estimate of drug-likeness (QED) is 0.151. The maximum Gasteiger partial charge on any atom is 1.00 e. The summed E-state index contributed by atoms with van der Waals surface area (Å²) in [4.78, 5) is 0. The van der Waals surface area contributed by atoms with Gasteiger partial charge >= 0.3 is 29.6 Å². The van der Waals surface area contributed by atoms with Gasteiger partial charge in [0.15, 0.2) is 0 Å². The maximum absolute atomic E-state index is 11.4. The molecule has 176 valence electrons. The van der Waals surface area contributed by atoms with Crippen molar-refractivity contribution >= 4 is 10.1 Å². The molecule has 0 aliphatic heterocycles. The fourth-order valence-electron chi connectivity index (χ4n) is 3.98. The minimum absolute atomic E-state index is 0. The van der Waals surface area contributed by atoms with Crippen molar-refractivity contribution in [3.05, 3.63) is 0 Å². The zero-order valence-corrected chi connectivity index (χ0v) is 23.2. The molecule has 0 aromatic heterocycles. The average Bonchev–Trinajstić information content (AvgIpc) is 2.67. The largest absolute Gasteiger partial charge is 1.00 e. The third-order valence-electron chi connectivity index (χ3n) is 5.99. The molecule has 0 aliphatic carbocycles. The average molecular weight is 457 g/mol. The van der Waals surface area contributed by atoms with Crippen LogP contribution in [0.3, 0.4) is 0 Å². The second-order valence-electron chi connectivity index (χ2n) is 8.87. The first-order valence-corrected chi connectivity index (χ1v) is 14.0. The SMILES string of the molecule is CCCCCC(CCCCCCCCCCCCCC(O)CCCC)S(=O)(=O)[O-].[Na+]. The van der Waals surface area contributed by atoms with E-state index in [1.165, 1.54) is 51.4 Å². The molecule has 0 heterocycles. The Balaban J connectivity index is 0. The van der Waals surface area contributed by atoms with E-state index in [-0.39, 0.29) is 35.7 Å². The van der Waals surface area contributed by atoms with E-state index < -0.39 is 15.4 Å². The van der Waals surface area contributed by atoms with Gasteiger partial charge in [0, 0.05) is 5.25 Å². The van der Waals surface area contributed by atoms with Crippen LogP contribution in [0.25, 0.3) is 0 Å². The maximum atomic E-state index is 11.4. The van der Waals surface area contributed by atoms with Crippen LogP contribution in [0.2, 0.25) is 0 Å². The predicted molar refractivity (Wildman–Crippen MR) is 123 cm³/mol. The van der Waals surface area contributed by atoms with E-state index in [4.69, 9.17) is 0 Å². The molecule has 0 radical (unpaired) electrons. The summed E-state index contributed by atoms with van der Waals surface area (Å²) in [6, 6.07) is 0. The molecular formula is C24H49NaO4S. The monoisotopic (exact) mass is 456 g/mol. The van der Waals surface area contributed by atoms with Crippen molar-refractivity contribution in [3.63, 3.8) is 0 Å². The molecule has 0 aromatic rings. The molecule has 1 N–H and O–H groups in total. The third-order valence-corrected chi connectivity index (χ3v) is 7.28. The number of unbranched alkanes of at least 4 members (excludes halogenated alkanes) is 13. The molecular weight excluding hydrogens is 407 g/mol. The van der Waals surface area contributed by atoms with Gasteiger partial charge in [-0.1, -0.05) is 117 Å². The molecule has 0 saturated carbocycles. The van der Waals surface area contributed by atoms with Crippen molar-refractivity contribution in [1.29, 1.82) is 0 Å². The summed E-state index contributed by atoms with van der Waals surface area (Å²) in [7, 11) is -4.13. The first kappa shape index (κ1) is 33.0. The third kappa shape index (κ3) is 22.1. The molecule has 4 nitrogen and oxygen atoms in total. The van der Waals surface area contributed by atoms with Crippen molar-refractivity contribution in [2.24, 2.45) is 0 Å². The van der Waals surface area contributed by atoms with E-state index in [2.05, 4.69) is 13.8 Å². The Hall–Kier alpha value is 0.870. The minimum atomic E-state index is -4.13. The second kappa shape index (κ2) is 23.0. The van der Waals surface area contributed by atoms with Crippen LogP contribution >= 0.6 is 0 Å². The van der Waals surface area contributed by atoms with Crippen LogP contribution in [-0.4, -0.2) is 29.4 Å². The zero-order valence-electron chi connectivity index (χ0n) is 20.4. The molecule has 30 heavy (non-hydrogen) atoms. The van der Waals surface area contributed by atoms with Gasteiger partial charge in [0.25, 0.3) is 0 Å². The Kier molecular flexibility index (Phi) is 25.4. The van der Waals surface area contributed by atoms with Gasteiger partial charge in [-0.25, -0.2) is 8.42 Å². The topological polar surface area (TPSA) is 77.4 Å². The van der Waals surface area contributed by atoms with E-state index in [9.17, 15) is 18.1 Å². The number of hydrogen-bond acceptors (Lipinski definition) is 4. The Morgan fingerprint density at radius 3 is 1.33 bits per heavy atom. The van der Waals surface area contributed by atoms with Gasteiger partial charge in [-0.15, -0.1) is 0 Å². The summed E-state index contributed by atoms with van der Waals surface area (Å²) in [6.45, 7) is 4.25. The molecule has 0 amide bonds. The van der Waals surface area contributed by atoms with Crippen molar-refractivity contribution in [2.75, 3.05) is 0 Å². The van der Waals surface area contributed by atoms with Gasteiger partial charge in [-0.3, -0.25) is 0 Å². The molecule has 0 fully saturated rings. The van der Waals surface area contributed by atoms with Crippen molar-refractivity contribution < 1.29 is 47.6 Å². The van der Waals surface area contributed by atoms with Crippen LogP contribution in [0.15, 0.2) is 0 Å². The first-order chi connectivity index (χ1) is 13.9. The first-order valence-electron chi connectivity index (χ1n) is 12.5. The number of rotatable bonds is 22. The van der Waals surface area contributed by atoms with Crippen molar-refractivity contribution in [3.8, 4) is 0 Å².